The molecule has 1 N–H and O–H groups in total. The molecule has 0 heterocycles. The van der Waals surface area contributed by atoms with Crippen LogP contribution < -0.4 is 0 Å². The Balaban J connectivity index is 3.38. The van der Waals surface area contributed by atoms with Crippen LogP contribution in [0.3, 0.4) is 0 Å². The SMILES string of the molecule is CCCCCCCCC(C)CC(O)CCCCCCCN(C)CCCCCCCC. The summed E-state index contributed by atoms with van der Waals surface area (Å²) in [5, 5.41) is 10.3. The third kappa shape index (κ3) is 22.6. The molecule has 0 radical (unpaired) electrons. The van der Waals surface area contributed by atoms with Gasteiger partial charge in [0.2, 0.25) is 0 Å². The normalized spacial score (nSPS) is 13.8. The fourth-order valence-corrected chi connectivity index (χ4v) is 4.54. The molecule has 0 aromatic rings. The van der Waals surface area contributed by atoms with Crippen molar-refractivity contribution in [3.8, 4) is 0 Å². The van der Waals surface area contributed by atoms with Crippen molar-refractivity contribution in [2.45, 2.75) is 155 Å². The van der Waals surface area contributed by atoms with Crippen LogP contribution in [0.2, 0.25) is 0 Å². The van der Waals surface area contributed by atoms with Gasteiger partial charge in [-0.2, -0.15) is 0 Å². The highest BCUT2D eigenvalue weighted by Crippen LogP contribution is 2.19. The Kier molecular flexibility index (Phi) is 23.5. The number of hydrogen-bond acceptors (Lipinski definition) is 2. The molecular formula is C28H59NO. The Morgan fingerprint density at radius 2 is 0.967 bits per heavy atom. The minimum absolute atomic E-state index is 0.0662. The van der Waals surface area contributed by atoms with Crippen LogP contribution in [0.4, 0.5) is 0 Å². The lowest BCUT2D eigenvalue weighted by molar-refractivity contribution is 0.130. The van der Waals surface area contributed by atoms with Gasteiger partial charge in [0.25, 0.3) is 0 Å². The highest BCUT2D eigenvalue weighted by Gasteiger charge is 2.10. The average Bonchev–Trinajstić information content (AvgIpc) is 2.72. The zero-order valence-electron chi connectivity index (χ0n) is 21.6. The lowest BCUT2D eigenvalue weighted by atomic mass is 9.94. The van der Waals surface area contributed by atoms with Gasteiger partial charge in [-0.15, -0.1) is 0 Å². The molecule has 0 bridgehead atoms. The van der Waals surface area contributed by atoms with Crippen molar-refractivity contribution in [3.63, 3.8) is 0 Å². The molecule has 0 saturated carbocycles. The van der Waals surface area contributed by atoms with Crippen LogP contribution in [-0.4, -0.2) is 36.2 Å². The summed E-state index contributed by atoms with van der Waals surface area (Å²) in [6.45, 7) is 9.42. The quantitative estimate of drug-likeness (QED) is 0.156. The van der Waals surface area contributed by atoms with Crippen molar-refractivity contribution < 1.29 is 5.11 Å². The maximum Gasteiger partial charge on any atom is 0.0542 e. The predicted molar refractivity (Wildman–Crippen MR) is 136 cm³/mol. The molecule has 0 amide bonds. The molecule has 0 aromatic heterocycles. The Hall–Kier alpha value is -0.0800. The van der Waals surface area contributed by atoms with E-state index in [0.717, 1.165) is 12.8 Å². The maximum atomic E-state index is 10.3. The van der Waals surface area contributed by atoms with Gasteiger partial charge in [0, 0.05) is 0 Å². The summed E-state index contributed by atoms with van der Waals surface area (Å²) in [4.78, 5) is 2.52. The summed E-state index contributed by atoms with van der Waals surface area (Å²) in [6.07, 6.45) is 26.4. The second-order valence-electron chi connectivity index (χ2n) is 10.2. The first-order valence-corrected chi connectivity index (χ1v) is 14.0. The first-order valence-electron chi connectivity index (χ1n) is 14.0. The van der Waals surface area contributed by atoms with Gasteiger partial charge in [-0.3, -0.25) is 0 Å². The fraction of sp³-hybridized carbons (Fsp3) is 1.00. The summed E-state index contributed by atoms with van der Waals surface area (Å²) < 4.78 is 0. The Morgan fingerprint density at radius 1 is 0.567 bits per heavy atom. The smallest absolute Gasteiger partial charge is 0.0542 e. The first-order chi connectivity index (χ1) is 14.6. The number of aliphatic hydroxyl groups excluding tert-OH is 1. The van der Waals surface area contributed by atoms with E-state index in [9.17, 15) is 5.11 Å². The van der Waals surface area contributed by atoms with Crippen molar-refractivity contribution in [2.75, 3.05) is 20.1 Å². The van der Waals surface area contributed by atoms with Gasteiger partial charge in [0.1, 0.15) is 0 Å². The van der Waals surface area contributed by atoms with Crippen LogP contribution >= 0.6 is 0 Å². The van der Waals surface area contributed by atoms with Crippen LogP contribution in [0.15, 0.2) is 0 Å². The third-order valence-corrected chi connectivity index (χ3v) is 6.70. The van der Waals surface area contributed by atoms with Crippen LogP contribution in [0.5, 0.6) is 0 Å². The lowest BCUT2D eigenvalue weighted by Gasteiger charge is -2.17. The van der Waals surface area contributed by atoms with E-state index < -0.39 is 0 Å². The predicted octanol–water partition coefficient (Wildman–Crippen LogP) is 8.76. The zero-order valence-corrected chi connectivity index (χ0v) is 21.6. The second-order valence-corrected chi connectivity index (χ2v) is 10.2. The molecule has 0 rings (SSSR count). The van der Waals surface area contributed by atoms with Gasteiger partial charge in [-0.25, -0.2) is 0 Å². The summed E-state index contributed by atoms with van der Waals surface area (Å²) in [6, 6.07) is 0. The summed E-state index contributed by atoms with van der Waals surface area (Å²) in [5.41, 5.74) is 0. The van der Waals surface area contributed by atoms with E-state index in [4.69, 9.17) is 0 Å². The van der Waals surface area contributed by atoms with Crippen LogP contribution in [0, 0.1) is 5.92 Å². The largest absolute Gasteiger partial charge is 0.393 e. The molecule has 2 heteroatoms. The van der Waals surface area contributed by atoms with Crippen molar-refractivity contribution >= 4 is 0 Å². The number of aliphatic hydroxyl groups is 1. The van der Waals surface area contributed by atoms with E-state index >= 15 is 0 Å². The van der Waals surface area contributed by atoms with Gasteiger partial charge in [-0.05, 0) is 51.7 Å². The van der Waals surface area contributed by atoms with E-state index in [1.165, 1.54) is 129 Å². The van der Waals surface area contributed by atoms with E-state index in [1.54, 1.807) is 0 Å². The third-order valence-electron chi connectivity index (χ3n) is 6.70. The molecule has 2 nitrogen and oxygen atoms in total. The van der Waals surface area contributed by atoms with Gasteiger partial charge >= 0.3 is 0 Å². The van der Waals surface area contributed by atoms with E-state index in [1.807, 2.05) is 0 Å². The molecule has 182 valence electrons. The molecule has 30 heavy (non-hydrogen) atoms. The van der Waals surface area contributed by atoms with Gasteiger partial charge < -0.3 is 10.0 Å². The van der Waals surface area contributed by atoms with Gasteiger partial charge in [0.05, 0.1) is 6.10 Å². The van der Waals surface area contributed by atoms with Gasteiger partial charge in [-0.1, -0.05) is 124 Å². The average molecular weight is 426 g/mol. The number of hydrogen-bond donors (Lipinski definition) is 1. The van der Waals surface area contributed by atoms with E-state index in [-0.39, 0.29) is 6.10 Å². The van der Waals surface area contributed by atoms with Crippen molar-refractivity contribution in [1.29, 1.82) is 0 Å². The van der Waals surface area contributed by atoms with Crippen LogP contribution in [0.25, 0.3) is 0 Å². The minimum atomic E-state index is -0.0662. The molecule has 0 aliphatic heterocycles. The first kappa shape index (κ1) is 29.9. The van der Waals surface area contributed by atoms with Crippen molar-refractivity contribution in [1.82, 2.24) is 4.90 Å². The Labute approximate surface area is 191 Å². The molecule has 0 aliphatic carbocycles. The van der Waals surface area contributed by atoms with Crippen LogP contribution in [-0.2, 0) is 0 Å². The number of rotatable bonds is 24. The minimum Gasteiger partial charge on any atom is -0.393 e. The van der Waals surface area contributed by atoms with Crippen molar-refractivity contribution in [3.05, 3.63) is 0 Å². The number of nitrogens with zero attached hydrogens (tertiary/aromatic N) is 1. The lowest BCUT2D eigenvalue weighted by Crippen LogP contribution is -2.20. The molecular weight excluding hydrogens is 366 g/mol. The molecule has 0 spiro atoms. The fourth-order valence-electron chi connectivity index (χ4n) is 4.54. The topological polar surface area (TPSA) is 23.5 Å². The highest BCUT2D eigenvalue weighted by atomic mass is 16.3. The molecule has 2 unspecified atom stereocenters. The Bertz CT molecular complexity index is 320. The Morgan fingerprint density at radius 3 is 1.47 bits per heavy atom. The summed E-state index contributed by atoms with van der Waals surface area (Å²) >= 11 is 0. The summed E-state index contributed by atoms with van der Waals surface area (Å²) in [5.74, 6) is 0.688. The van der Waals surface area contributed by atoms with E-state index in [2.05, 4.69) is 32.7 Å². The molecule has 0 fully saturated rings. The molecule has 0 aromatic carbocycles. The summed E-state index contributed by atoms with van der Waals surface area (Å²) in [7, 11) is 2.29. The van der Waals surface area contributed by atoms with E-state index in [0.29, 0.717) is 5.92 Å². The second kappa shape index (κ2) is 23.6. The molecule has 0 saturated heterocycles. The maximum absolute atomic E-state index is 10.3. The molecule has 2 atom stereocenters. The monoisotopic (exact) mass is 425 g/mol. The van der Waals surface area contributed by atoms with Gasteiger partial charge in [0.15, 0.2) is 0 Å². The zero-order chi connectivity index (χ0) is 22.3. The number of unbranched alkanes of at least 4 members (excludes halogenated alkanes) is 14. The molecule has 0 aliphatic rings. The standard InChI is InChI=1S/C28H59NO/c1-5-7-9-11-14-18-22-27(3)26-28(30)23-19-15-13-17-21-25-29(4)24-20-16-12-10-8-6-2/h27-28,30H,5-26H2,1-4H3. The van der Waals surface area contributed by atoms with Crippen LogP contribution in [0.1, 0.15) is 149 Å². The highest BCUT2D eigenvalue weighted by molar-refractivity contribution is 4.63. The van der Waals surface area contributed by atoms with Crippen molar-refractivity contribution in [2.24, 2.45) is 5.92 Å².